The minimum atomic E-state index is -1.02. The van der Waals surface area contributed by atoms with Crippen molar-refractivity contribution in [3.05, 3.63) is 65.6 Å². The van der Waals surface area contributed by atoms with Gasteiger partial charge in [-0.1, -0.05) is 29.8 Å². The summed E-state index contributed by atoms with van der Waals surface area (Å²) in [7, 11) is 0. The molecule has 0 aliphatic carbocycles. The maximum Gasteiger partial charge on any atom is 0.328 e. The molecule has 0 saturated heterocycles. The van der Waals surface area contributed by atoms with E-state index in [1.165, 1.54) is 29.6 Å². The number of nitrogens with zero attached hydrogens (tertiary/aromatic N) is 4. The van der Waals surface area contributed by atoms with Gasteiger partial charge in [-0.15, -0.1) is 0 Å². The van der Waals surface area contributed by atoms with Gasteiger partial charge in [-0.2, -0.15) is 10.2 Å². The van der Waals surface area contributed by atoms with Crippen LogP contribution in [0, 0.1) is 6.92 Å². The summed E-state index contributed by atoms with van der Waals surface area (Å²) in [5, 5.41) is 19.9. The Morgan fingerprint density at radius 2 is 1.96 bits per heavy atom. The number of aliphatic carboxylic acids is 1. The number of amides is 1. The predicted octanol–water partition coefficient (Wildman–Crippen LogP) is 2.33. The van der Waals surface area contributed by atoms with Gasteiger partial charge in [-0.05, 0) is 19.4 Å². The van der Waals surface area contributed by atoms with E-state index in [1.54, 1.807) is 16.9 Å². The fourth-order valence-corrected chi connectivity index (χ4v) is 2.37. The Morgan fingerprint density at radius 1 is 1.23 bits per heavy atom. The second kappa shape index (κ2) is 7.22. The molecule has 1 atom stereocenters. The normalized spacial score (nSPS) is 11.9. The van der Waals surface area contributed by atoms with Crippen LogP contribution >= 0.6 is 0 Å². The van der Waals surface area contributed by atoms with E-state index < -0.39 is 17.9 Å². The van der Waals surface area contributed by atoms with Gasteiger partial charge < -0.3 is 10.4 Å². The largest absolute Gasteiger partial charge is 0.480 e. The Balaban J connectivity index is 1.64. The first-order valence-electron chi connectivity index (χ1n) is 8.09. The molecule has 1 aromatic carbocycles. The fourth-order valence-electron chi connectivity index (χ4n) is 2.37. The number of carboxylic acid groups (broad SMARTS) is 1. The van der Waals surface area contributed by atoms with Crippen molar-refractivity contribution >= 4 is 17.7 Å². The van der Waals surface area contributed by atoms with Crippen molar-refractivity contribution in [3.8, 4) is 0 Å². The number of hydrogen-bond acceptors (Lipinski definition) is 4. The van der Waals surface area contributed by atoms with E-state index in [0.717, 1.165) is 5.56 Å². The standard InChI is InChI=1S/C18H19N5O3/c1-12-3-5-14(6-4-12)10-22-8-7-16(21-22)20-17(24)15-9-19-23(11-15)13(2)18(25)26/h3-9,11,13H,10H2,1-2H3,(H,25,26)(H,20,21,24). The van der Waals surface area contributed by atoms with Crippen LogP contribution in [0.2, 0.25) is 0 Å². The van der Waals surface area contributed by atoms with Crippen molar-refractivity contribution in [1.82, 2.24) is 19.6 Å². The van der Waals surface area contributed by atoms with E-state index in [0.29, 0.717) is 12.4 Å². The number of carbonyl (C=O) groups excluding carboxylic acids is 1. The highest BCUT2D eigenvalue weighted by atomic mass is 16.4. The van der Waals surface area contributed by atoms with Crippen LogP contribution in [0.3, 0.4) is 0 Å². The van der Waals surface area contributed by atoms with Gasteiger partial charge in [0, 0.05) is 18.5 Å². The fraction of sp³-hybridized carbons (Fsp3) is 0.222. The van der Waals surface area contributed by atoms with Crippen molar-refractivity contribution in [2.75, 3.05) is 5.32 Å². The number of aryl methyl sites for hydroxylation is 1. The molecule has 1 amide bonds. The lowest BCUT2D eigenvalue weighted by molar-refractivity contribution is -0.140. The molecule has 2 aromatic heterocycles. The van der Waals surface area contributed by atoms with Gasteiger partial charge in [-0.3, -0.25) is 14.2 Å². The van der Waals surface area contributed by atoms with Crippen molar-refractivity contribution in [1.29, 1.82) is 0 Å². The quantitative estimate of drug-likeness (QED) is 0.708. The summed E-state index contributed by atoms with van der Waals surface area (Å²) in [5.41, 5.74) is 2.58. The third kappa shape index (κ3) is 3.97. The Labute approximate surface area is 150 Å². The number of anilines is 1. The van der Waals surface area contributed by atoms with Gasteiger partial charge in [0.2, 0.25) is 0 Å². The zero-order valence-electron chi connectivity index (χ0n) is 14.5. The molecule has 3 rings (SSSR count). The van der Waals surface area contributed by atoms with Gasteiger partial charge in [0.25, 0.3) is 5.91 Å². The molecule has 0 fully saturated rings. The average molecular weight is 353 g/mol. The predicted molar refractivity (Wildman–Crippen MR) is 95.0 cm³/mol. The van der Waals surface area contributed by atoms with Crippen molar-refractivity contribution in [2.24, 2.45) is 0 Å². The Kier molecular flexibility index (Phi) is 4.83. The highest BCUT2D eigenvalue weighted by molar-refractivity contribution is 6.03. The number of hydrogen-bond donors (Lipinski definition) is 2. The maximum atomic E-state index is 12.3. The van der Waals surface area contributed by atoms with E-state index in [-0.39, 0.29) is 5.56 Å². The van der Waals surface area contributed by atoms with Crippen molar-refractivity contribution in [2.45, 2.75) is 26.4 Å². The summed E-state index contributed by atoms with van der Waals surface area (Å²) in [4.78, 5) is 23.2. The molecule has 0 aliphatic rings. The van der Waals surface area contributed by atoms with E-state index in [9.17, 15) is 9.59 Å². The Bertz CT molecular complexity index is 926. The number of rotatable bonds is 6. The third-order valence-electron chi connectivity index (χ3n) is 3.97. The first kappa shape index (κ1) is 17.4. The van der Waals surface area contributed by atoms with Crippen LogP contribution in [0.5, 0.6) is 0 Å². The molecule has 26 heavy (non-hydrogen) atoms. The summed E-state index contributed by atoms with van der Waals surface area (Å²) < 4.78 is 2.96. The number of aromatic nitrogens is 4. The topological polar surface area (TPSA) is 102 Å². The first-order valence-corrected chi connectivity index (χ1v) is 8.09. The minimum absolute atomic E-state index is 0.270. The van der Waals surface area contributed by atoms with Crippen LogP contribution in [0.15, 0.2) is 48.9 Å². The van der Waals surface area contributed by atoms with Gasteiger partial charge in [0.15, 0.2) is 5.82 Å². The second-order valence-corrected chi connectivity index (χ2v) is 6.06. The van der Waals surface area contributed by atoms with E-state index in [2.05, 4.69) is 15.5 Å². The molecule has 2 N–H and O–H groups in total. The van der Waals surface area contributed by atoms with Gasteiger partial charge in [0.1, 0.15) is 6.04 Å². The lowest BCUT2D eigenvalue weighted by Crippen LogP contribution is -2.16. The number of benzene rings is 1. The lowest BCUT2D eigenvalue weighted by Gasteiger charge is -2.05. The summed E-state index contributed by atoms with van der Waals surface area (Å²) >= 11 is 0. The molecular formula is C18H19N5O3. The summed E-state index contributed by atoms with van der Waals surface area (Å²) in [6.07, 6.45) is 4.51. The van der Waals surface area contributed by atoms with Crippen LogP contribution in [0.1, 0.15) is 34.5 Å². The number of carbonyl (C=O) groups is 2. The van der Waals surface area contributed by atoms with Crippen LogP contribution in [0.25, 0.3) is 0 Å². The highest BCUT2D eigenvalue weighted by Gasteiger charge is 2.17. The lowest BCUT2D eigenvalue weighted by atomic mass is 10.1. The number of carboxylic acids is 1. The van der Waals surface area contributed by atoms with Crippen LogP contribution in [0.4, 0.5) is 5.82 Å². The van der Waals surface area contributed by atoms with E-state index >= 15 is 0 Å². The summed E-state index contributed by atoms with van der Waals surface area (Å²) in [5.74, 6) is -0.995. The molecular weight excluding hydrogens is 334 g/mol. The molecule has 0 saturated carbocycles. The molecule has 0 spiro atoms. The van der Waals surface area contributed by atoms with Gasteiger partial charge in [0.05, 0.1) is 18.3 Å². The zero-order chi connectivity index (χ0) is 18.7. The third-order valence-corrected chi connectivity index (χ3v) is 3.97. The van der Waals surface area contributed by atoms with Crippen LogP contribution < -0.4 is 5.32 Å². The van der Waals surface area contributed by atoms with Gasteiger partial charge >= 0.3 is 5.97 Å². The van der Waals surface area contributed by atoms with E-state index in [1.807, 2.05) is 31.2 Å². The summed E-state index contributed by atoms with van der Waals surface area (Å²) in [6, 6.07) is 9.01. The maximum absolute atomic E-state index is 12.3. The molecule has 8 nitrogen and oxygen atoms in total. The molecule has 0 aliphatic heterocycles. The first-order chi connectivity index (χ1) is 12.4. The smallest absolute Gasteiger partial charge is 0.328 e. The molecule has 0 bridgehead atoms. The molecule has 8 heteroatoms. The van der Waals surface area contributed by atoms with Crippen LogP contribution in [-0.2, 0) is 11.3 Å². The second-order valence-electron chi connectivity index (χ2n) is 6.06. The summed E-state index contributed by atoms with van der Waals surface area (Å²) in [6.45, 7) is 4.12. The number of nitrogens with one attached hydrogen (secondary N) is 1. The molecule has 134 valence electrons. The monoisotopic (exact) mass is 353 g/mol. The molecule has 1 unspecified atom stereocenters. The highest BCUT2D eigenvalue weighted by Crippen LogP contribution is 2.11. The molecule has 0 radical (unpaired) electrons. The zero-order valence-corrected chi connectivity index (χ0v) is 14.5. The Hall–Kier alpha value is -3.42. The van der Waals surface area contributed by atoms with E-state index in [4.69, 9.17) is 5.11 Å². The SMILES string of the molecule is Cc1ccc(Cn2ccc(NC(=O)c3cnn(C(C)C(=O)O)c3)n2)cc1. The van der Waals surface area contributed by atoms with Gasteiger partial charge in [-0.25, -0.2) is 4.79 Å². The van der Waals surface area contributed by atoms with Crippen LogP contribution in [-0.4, -0.2) is 36.5 Å². The van der Waals surface area contributed by atoms with Crippen molar-refractivity contribution in [3.63, 3.8) is 0 Å². The molecule has 3 aromatic rings. The molecule has 2 heterocycles. The minimum Gasteiger partial charge on any atom is -0.480 e. The average Bonchev–Trinajstić information content (AvgIpc) is 3.26. The Morgan fingerprint density at radius 3 is 2.65 bits per heavy atom. The van der Waals surface area contributed by atoms with Crippen molar-refractivity contribution < 1.29 is 14.7 Å².